The van der Waals surface area contributed by atoms with E-state index in [0.29, 0.717) is 24.2 Å². The zero-order valence-corrected chi connectivity index (χ0v) is 17.6. The van der Waals surface area contributed by atoms with Gasteiger partial charge in [-0.1, -0.05) is 42.4 Å². The number of phenolic OH excluding ortho intramolecular Hbond substituents is 2. The van der Waals surface area contributed by atoms with E-state index in [0.717, 1.165) is 10.8 Å². The number of nitrogens with zero attached hydrogens (tertiary/aromatic N) is 3. The van der Waals surface area contributed by atoms with Crippen LogP contribution < -0.4 is 5.56 Å². The lowest BCUT2D eigenvalue weighted by molar-refractivity contribution is -0.131. The van der Waals surface area contributed by atoms with E-state index in [1.165, 1.54) is 23.0 Å². The van der Waals surface area contributed by atoms with E-state index in [1.807, 2.05) is 24.3 Å². The minimum atomic E-state index is -0.433. The predicted octanol–water partition coefficient (Wildman–Crippen LogP) is 3.85. The molecule has 1 aliphatic heterocycles. The number of benzene rings is 3. The summed E-state index contributed by atoms with van der Waals surface area (Å²) in [7, 11) is 0. The van der Waals surface area contributed by atoms with Crippen LogP contribution in [0.2, 0.25) is 5.02 Å². The fraction of sp³-hybridized carbons (Fsp3) is 0.125. The topological polar surface area (TPSA) is 95.7 Å². The van der Waals surface area contributed by atoms with Crippen LogP contribution in [0.1, 0.15) is 6.04 Å². The molecule has 0 bridgehead atoms. The van der Waals surface area contributed by atoms with E-state index in [-0.39, 0.29) is 39.4 Å². The summed E-state index contributed by atoms with van der Waals surface area (Å²) in [6.07, 6.45) is 2.62. The molecule has 0 spiro atoms. The summed E-state index contributed by atoms with van der Waals surface area (Å²) in [6, 6.07) is 11.9. The van der Waals surface area contributed by atoms with Gasteiger partial charge in [-0.05, 0) is 40.6 Å². The van der Waals surface area contributed by atoms with E-state index >= 15 is 0 Å². The Morgan fingerprint density at radius 1 is 1.16 bits per heavy atom. The highest BCUT2D eigenvalue weighted by atomic mass is 35.5. The normalized spacial score (nSPS) is 14.0. The molecular weight excluding hydrogens is 430 g/mol. The Labute approximate surface area is 187 Å². The van der Waals surface area contributed by atoms with Crippen molar-refractivity contribution < 1.29 is 15.0 Å². The molecule has 160 valence electrons. The number of carbonyl (C=O) groups is 1. The minimum absolute atomic E-state index is 0.0132. The van der Waals surface area contributed by atoms with Gasteiger partial charge in [0.05, 0.1) is 17.4 Å². The van der Waals surface area contributed by atoms with Crippen molar-refractivity contribution in [2.75, 3.05) is 13.1 Å². The van der Waals surface area contributed by atoms with E-state index in [1.54, 1.807) is 17.0 Å². The number of hydrogen-bond acceptors (Lipinski definition) is 5. The Morgan fingerprint density at radius 2 is 1.91 bits per heavy atom. The van der Waals surface area contributed by atoms with Gasteiger partial charge in [0.25, 0.3) is 5.56 Å². The third-order valence-electron chi connectivity index (χ3n) is 5.86. The number of rotatable bonds is 3. The maximum atomic E-state index is 13.1. The third-order valence-corrected chi connectivity index (χ3v) is 6.24. The highest BCUT2D eigenvalue weighted by Gasteiger charge is 2.32. The fourth-order valence-corrected chi connectivity index (χ4v) is 4.48. The number of carbonyl (C=O) groups excluding carboxylic acids is 1. The standard InChI is InChI=1S/C24H18ClN3O4/c1-2-20(31)27-10-14(11-27)28-12-26-23-21(24(28)32)19(30)9-18(22(23)25)17-8-15(29)7-13-5-3-4-6-16(13)17/h2-9,12,14,29-30H,1,10-11H2. The summed E-state index contributed by atoms with van der Waals surface area (Å²) in [5.74, 6) is -0.393. The van der Waals surface area contributed by atoms with Crippen molar-refractivity contribution in [2.45, 2.75) is 6.04 Å². The Bertz CT molecular complexity index is 1490. The average molecular weight is 448 g/mol. The molecule has 4 aromatic rings. The van der Waals surface area contributed by atoms with E-state index < -0.39 is 5.56 Å². The Hall–Kier alpha value is -3.84. The van der Waals surface area contributed by atoms with Gasteiger partial charge in [0.1, 0.15) is 22.4 Å². The van der Waals surface area contributed by atoms with Crippen LogP contribution in [0.25, 0.3) is 32.8 Å². The quantitative estimate of drug-likeness (QED) is 0.465. The zero-order valence-electron chi connectivity index (χ0n) is 16.8. The van der Waals surface area contributed by atoms with Gasteiger partial charge >= 0.3 is 0 Å². The molecule has 0 saturated carbocycles. The fourth-order valence-electron chi connectivity index (χ4n) is 4.18. The van der Waals surface area contributed by atoms with Gasteiger partial charge in [-0.15, -0.1) is 0 Å². The lowest BCUT2D eigenvalue weighted by Gasteiger charge is -2.39. The molecule has 7 nitrogen and oxygen atoms in total. The first-order valence-electron chi connectivity index (χ1n) is 9.95. The number of halogens is 1. The maximum Gasteiger partial charge on any atom is 0.265 e. The van der Waals surface area contributed by atoms with Crippen LogP contribution in [0.4, 0.5) is 0 Å². The number of aromatic hydroxyl groups is 2. The van der Waals surface area contributed by atoms with Crippen LogP contribution in [-0.2, 0) is 4.79 Å². The number of fused-ring (bicyclic) bond motifs is 2. The molecule has 1 fully saturated rings. The summed E-state index contributed by atoms with van der Waals surface area (Å²) >= 11 is 6.67. The second kappa shape index (κ2) is 7.39. The first kappa shape index (κ1) is 20.1. The molecule has 0 atom stereocenters. The van der Waals surface area contributed by atoms with Crippen molar-refractivity contribution in [2.24, 2.45) is 0 Å². The Kier molecular flexibility index (Phi) is 4.64. The lowest BCUT2D eigenvalue weighted by Crippen LogP contribution is -2.52. The Balaban J connectivity index is 1.65. The molecule has 0 aliphatic carbocycles. The summed E-state index contributed by atoms with van der Waals surface area (Å²) in [4.78, 5) is 30.8. The lowest BCUT2D eigenvalue weighted by atomic mass is 9.96. The first-order chi connectivity index (χ1) is 15.4. The van der Waals surface area contributed by atoms with Crippen molar-refractivity contribution in [3.05, 3.63) is 76.8 Å². The second-order valence-electron chi connectivity index (χ2n) is 7.75. The minimum Gasteiger partial charge on any atom is -0.508 e. The molecule has 3 aromatic carbocycles. The van der Waals surface area contributed by atoms with Crippen LogP contribution in [0.3, 0.4) is 0 Å². The van der Waals surface area contributed by atoms with Crippen molar-refractivity contribution in [3.8, 4) is 22.6 Å². The smallest absolute Gasteiger partial charge is 0.265 e. The summed E-state index contributed by atoms with van der Waals surface area (Å²) in [6.45, 7) is 4.18. The van der Waals surface area contributed by atoms with Gasteiger partial charge in [-0.2, -0.15) is 0 Å². The van der Waals surface area contributed by atoms with Gasteiger partial charge in [-0.25, -0.2) is 4.98 Å². The molecule has 2 heterocycles. The van der Waals surface area contributed by atoms with Gasteiger partial charge in [0.15, 0.2) is 0 Å². The molecule has 8 heteroatoms. The first-order valence-corrected chi connectivity index (χ1v) is 10.3. The third kappa shape index (κ3) is 3.01. The number of likely N-dealkylation sites (tertiary alicyclic amines) is 1. The van der Waals surface area contributed by atoms with Crippen molar-refractivity contribution in [1.82, 2.24) is 14.5 Å². The van der Waals surface area contributed by atoms with Gasteiger partial charge in [0.2, 0.25) is 5.91 Å². The van der Waals surface area contributed by atoms with Crippen LogP contribution >= 0.6 is 11.6 Å². The van der Waals surface area contributed by atoms with Crippen molar-refractivity contribution >= 4 is 39.2 Å². The summed E-state index contributed by atoms with van der Waals surface area (Å²) < 4.78 is 1.41. The van der Waals surface area contributed by atoms with Crippen LogP contribution in [0, 0.1) is 0 Å². The van der Waals surface area contributed by atoms with Crippen LogP contribution in [0.15, 0.2) is 66.2 Å². The highest BCUT2D eigenvalue weighted by molar-refractivity contribution is 6.38. The molecule has 0 radical (unpaired) electrons. The summed E-state index contributed by atoms with van der Waals surface area (Å²) in [5, 5.41) is 22.8. The number of phenols is 2. The SMILES string of the molecule is C=CC(=O)N1CC(n2cnc3c(Cl)c(-c4cc(O)cc5ccccc45)cc(O)c3c2=O)C1. The molecule has 32 heavy (non-hydrogen) atoms. The molecule has 5 rings (SSSR count). The monoisotopic (exact) mass is 447 g/mol. The molecule has 1 amide bonds. The van der Waals surface area contributed by atoms with Crippen molar-refractivity contribution in [1.29, 1.82) is 0 Å². The molecule has 2 N–H and O–H groups in total. The largest absolute Gasteiger partial charge is 0.508 e. The van der Waals surface area contributed by atoms with E-state index in [2.05, 4.69) is 11.6 Å². The van der Waals surface area contributed by atoms with Gasteiger partial charge < -0.3 is 15.1 Å². The number of amides is 1. The van der Waals surface area contributed by atoms with Gasteiger partial charge in [0, 0.05) is 18.7 Å². The average Bonchev–Trinajstić information content (AvgIpc) is 2.75. The molecular formula is C24H18ClN3O4. The molecule has 1 aromatic heterocycles. The van der Waals surface area contributed by atoms with Gasteiger partial charge in [-0.3, -0.25) is 14.2 Å². The number of hydrogen-bond donors (Lipinski definition) is 2. The number of aromatic nitrogens is 2. The Morgan fingerprint density at radius 3 is 2.66 bits per heavy atom. The van der Waals surface area contributed by atoms with Crippen LogP contribution in [0.5, 0.6) is 11.5 Å². The van der Waals surface area contributed by atoms with E-state index in [4.69, 9.17) is 11.6 Å². The van der Waals surface area contributed by atoms with Crippen LogP contribution in [-0.4, -0.2) is 43.7 Å². The summed E-state index contributed by atoms with van der Waals surface area (Å²) in [5.41, 5.74) is 0.817. The second-order valence-corrected chi connectivity index (χ2v) is 8.13. The highest BCUT2D eigenvalue weighted by Crippen LogP contribution is 2.41. The molecule has 1 aliphatic rings. The molecule has 0 unspecified atom stereocenters. The van der Waals surface area contributed by atoms with E-state index in [9.17, 15) is 19.8 Å². The zero-order chi connectivity index (χ0) is 22.6. The maximum absolute atomic E-state index is 13.1. The van der Waals surface area contributed by atoms with Crippen molar-refractivity contribution in [3.63, 3.8) is 0 Å². The predicted molar refractivity (Wildman–Crippen MR) is 123 cm³/mol. The molecule has 1 saturated heterocycles.